The number of benzene rings is 1. The quantitative estimate of drug-likeness (QED) is 0.880. The number of carbonyl (C=O) groups excluding carboxylic acids is 2. The molecule has 5 heteroatoms. The molecule has 0 unspecified atom stereocenters. The molecule has 1 aromatic carbocycles. The maximum atomic E-state index is 12.3. The Kier molecular flexibility index (Phi) is 4.87. The molecule has 1 aromatic rings. The summed E-state index contributed by atoms with van der Waals surface area (Å²) in [5, 5.41) is 5.91. The molecule has 136 valence electrons. The maximum Gasteiger partial charge on any atom is 0.251 e. The van der Waals surface area contributed by atoms with E-state index in [-0.39, 0.29) is 29.3 Å². The SMILES string of the molecule is CC(C)(C)c1ccc(C(=O)NCC(=O)NC23CCN(CC2)CC3)cc1. The van der Waals surface area contributed by atoms with Crippen LogP contribution in [-0.2, 0) is 10.2 Å². The highest BCUT2D eigenvalue weighted by atomic mass is 16.2. The van der Waals surface area contributed by atoms with Gasteiger partial charge < -0.3 is 15.5 Å². The predicted molar refractivity (Wildman–Crippen MR) is 98.6 cm³/mol. The second kappa shape index (κ2) is 6.79. The second-order valence-corrected chi connectivity index (χ2v) is 8.43. The van der Waals surface area contributed by atoms with Gasteiger partial charge in [-0.05, 0) is 42.4 Å². The largest absolute Gasteiger partial charge is 0.349 e. The Morgan fingerprint density at radius 3 is 2.12 bits per heavy atom. The Bertz CT molecular complexity index is 624. The summed E-state index contributed by atoms with van der Waals surface area (Å²) in [6, 6.07) is 7.60. The van der Waals surface area contributed by atoms with Crippen molar-refractivity contribution in [3.05, 3.63) is 35.4 Å². The Labute approximate surface area is 150 Å². The van der Waals surface area contributed by atoms with Crippen molar-refractivity contribution < 1.29 is 9.59 Å². The molecule has 2 amide bonds. The molecule has 0 radical (unpaired) electrons. The number of carbonyl (C=O) groups is 2. The average Bonchev–Trinajstić information content (AvgIpc) is 2.60. The topological polar surface area (TPSA) is 61.4 Å². The minimum absolute atomic E-state index is 0.0331. The molecule has 4 rings (SSSR count). The molecule has 2 N–H and O–H groups in total. The van der Waals surface area contributed by atoms with Crippen molar-refractivity contribution in [1.82, 2.24) is 15.5 Å². The van der Waals surface area contributed by atoms with Gasteiger partial charge in [-0.1, -0.05) is 32.9 Å². The third-order valence-electron chi connectivity index (χ3n) is 5.55. The van der Waals surface area contributed by atoms with Gasteiger partial charge in [0.2, 0.25) is 5.91 Å². The molecule has 0 spiro atoms. The Morgan fingerprint density at radius 2 is 1.60 bits per heavy atom. The van der Waals surface area contributed by atoms with Crippen molar-refractivity contribution in [3.8, 4) is 0 Å². The number of hydrogen-bond acceptors (Lipinski definition) is 3. The smallest absolute Gasteiger partial charge is 0.251 e. The van der Waals surface area contributed by atoms with Crippen LogP contribution in [0.4, 0.5) is 0 Å². The number of rotatable bonds is 4. The van der Waals surface area contributed by atoms with Crippen molar-refractivity contribution >= 4 is 11.8 Å². The zero-order chi connectivity index (χ0) is 18.1. The van der Waals surface area contributed by atoms with Crippen LogP contribution in [0.3, 0.4) is 0 Å². The van der Waals surface area contributed by atoms with E-state index in [4.69, 9.17) is 0 Å². The van der Waals surface area contributed by atoms with E-state index >= 15 is 0 Å². The number of hydrogen-bond donors (Lipinski definition) is 2. The molecule has 3 saturated heterocycles. The number of nitrogens with one attached hydrogen (secondary N) is 2. The first-order valence-electron chi connectivity index (χ1n) is 9.20. The molecule has 0 atom stereocenters. The summed E-state index contributed by atoms with van der Waals surface area (Å²) >= 11 is 0. The van der Waals surface area contributed by atoms with Crippen molar-refractivity contribution in [2.45, 2.75) is 51.0 Å². The number of piperidine rings is 3. The minimum atomic E-state index is -0.202. The first-order chi connectivity index (χ1) is 11.8. The van der Waals surface area contributed by atoms with Crippen molar-refractivity contribution in [2.24, 2.45) is 0 Å². The maximum absolute atomic E-state index is 12.3. The summed E-state index contributed by atoms with van der Waals surface area (Å²) < 4.78 is 0. The van der Waals surface area contributed by atoms with Gasteiger partial charge in [0.1, 0.15) is 0 Å². The van der Waals surface area contributed by atoms with Gasteiger partial charge in [0.25, 0.3) is 5.91 Å². The van der Waals surface area contributed by atoms with Gasteiger partial charge in [0, 0.05) is 30.7 Å². The summed E-state index contributed by atoms with van der Waals surface area (Å²) in [6.45, 7) is 9.64. The van der Waals surface area contributed by atoms with E-state index in [1.165, 1.54) is 5.56 Å². The summed E-state index contributed by atoms with van der Waals surface area (Å²) in [5.41, 5.74) is 1.78. The van der Waals surface area contributed by atoms with Crippen LogP contribution in [0.5, 0.6) is 0 Å². The molecular formula is C20H29N3O2. The van der Waals surface area contributed by atoms with Crippen LogP contribution < -0.4 is 10.6 Å². The van der Waals surface area contributed by atoms with Crippen molar-refractivity contribution in [3.63, 3.8) is 0 Å². The van der Waals surface area contributed by atoms with E-state index in [9.17, 15) is 9.59 Å². The first-order valence-corrected chi connectivity index (χ1v) is 9.20. The summed E-state index contributed by atoms with van der Waals surface area (Å²) in [7, 11) is 0. The van der Waals surface area contributed by atoms with Gasteiger partial charge in [-0.3, -0.25) is 9.59 Å². The fourth-order valence-electron chi connectivity index (χ4n) is 3.74. The van der Waals surface area contributed by atoms with E-state index in [0.29, 0.717) is 5.56 Å². The van der Waals surface area contributed by atoms with Crippen LogP contribution in [0.1, 0.15) is 56.0 Å². The lowest BCUT2D eigenvalue weighted by Crippen LogP contribution is -2.62. The van der Waals surface area contributed by atoms with Gasteiger partial charge >= 0.3 is 0 Å². The van der Waals surface area contributed by atoms with Gasteiger partial charge in [-0.15, -0.1) is 0 Å². The van der Waals surface area contributed by atoms with E-state index < -0.39 is 0 Å². The van der Waals surface area contributed by atoms with Crippen LogP contribution >= 0.6 is 0 Å². The van der Waals surface area contributed by atoms with E-state index in [2.05, 4.69) is 36.3 Å². The molecule has 3 aliphatic heterocycles. The zero-order valence-electron chi connectivity index (χ0n) is 15.5. The normalized spacial score (nSPS) is 25.5. The standard InChI is InChI=1S/C20H29N3O2/c1-19(2,3)16-6-4-15(5-7-16)18(25)21-14-17(24)22-20-8-11-23(12-9-20)13-10-20/h4-7H,8-14H2,1-3H3,(H,21,25)(H,22,24). The van der Waals surface area contributed by atoms with Gasteiger partial charge in [0.05, 0.1) is 6.54 Å². The van der Waals surface area contributed by atoms with Crippen LogP contribution in [0.2, 0.25) is 0 Å². The molecule has 3 aliphatic rings. The van der Waals surface area contributed by atoms with Crippen LogP contribution in [-0.4, -0.2) is 48.4 Å². The van der Waals surface area contributed by atoms with Crippen molar-refractivity contribution in [2.75, 3.05) is 26.2 Å². The molecule has 25 heavy (non-hydrogen) atoms. The Hall–Kier alpha value is -1.88. The fraction of sp³-hybridized carbons (Fsp3) is 0.600. The molecule has 3 fully saturated rings. The zero-order valence-corrected chi connectivity index (χ0v) is 15.5. The lowest BCUT2D eigenvalue weighted by Gasteiger charge is -2.48. The monoisotopic (exact) mass is 343 g/mol. The van der Waals surface area contributed by atoms with Crippen LogP contribution in [0.15, 0.2) is 24.3 Å². The van der Waals surface area contributed by atoms with Crippen molar-refractivity contribution in [1.29, 1.82) is 0 Å². The van der Waals surface area contributed by atoms with E-state index in [1.54, 1.807) is 0 Å². The van der Waals surface area contributed by atoms with Crippen LogP contribution in [0.25, 0.3) is 0 Å². The fourth-order valence-corrected chi connectivity index (χ4v) is 3.74. The Balaban J connectivity index is 1.51. The molecule has 0 aliphatic carbocycles. The average molecular weight is 343 g/mol. The highest BCUT2D eigenvalue weighted by Crippen LogP contribution is 2.31. The van der Waals surface area contributed by atoms with Gasteiger partial charge in [-0.2, -0.15) is 0 Å². The number of nitrogens with zero attached hydrogens (tertiary/aromatic N) is 1. The molecule has 2 bridgehead atoms. The highest BCUT2D eigenvalue weighted by Gasteiger charge is 2.40. The Morgan fingerprint density at radius 1 is 1.04 bits per heavy atom. The van der Waals surface area contributed by atoms with Crippen LogP contribution in [0, 0.1) is 0 Å². The number of fused-ring (bicyclic) bond motifs is 3. The summed E-state index contributed by atoms with van der Waals surface area (Å²) in [4.78, 5) is 27.0. The van der Waals surface area contributed by atoms with E-state index in [1.807, 2.05) is 24.3 Å². The van der Waals surface area contributed by atoms with Gasteiger partial charge in [-0.25, -0.2) is 0 Å². The minimum Gasteiger partial charge on any atom is -0.349 e. The molecule has 5 nitrogen and oxygen atoms in total. The predicted octanol–water partition coefficient (Wildman–Crippen LogP) is 2.07. The second-order valence-electron chi connectivity index (χ2n) is 8.43. The third kappa shape index (κ3) is 4.21. The lowest BCUT2D eigenvalue weighted by atomic mass is 9.80. The molecular weight excluding hydrogens is 314 g/mol. The molecule has 0 saturated carbocycles. The summed E-state index contributed by atoms with van der Waals surface area (Å²) in [6.07, 6.45) is 3.04. The molecule has 3 heterocycles. The van der Waals surface area contributed by atoms with E-state index in [0.717, 1.165) is 38.9 Å². The lowest BCUT2D eigenvalue weighted by molar-refractivity contribution is -0.123. The first kappa shape index (κ1) is 17.9. The van der Waals surface area contributed by atoms with Gasteiger partial charge in [0.15, 0.2) is 0 Å². The number of amides is 2. The summed E-state index contributed by atoms with van der Waals surface area (Å²) in [5.74, 6) is -0.290. The third-order valence-corrected chi connectivity index (χ3v) is 5.55. The molecule has 0 aromatic heterocycles. The highest BCUT2D eigenvalue weighted by molar-refractivity contribution is 5.96.